The van der Waals surface area contributed by atoms with Crippen LogP contribution in [-0.4, -0.2) is 21.0 Å². The molecule has 0 aliphatic carbocycles. The van der Waals surface area contributed by atoms with Crippen LogP contribution >= 0.6 is 0 Å². The lowest BCUT2D eigenvalue weighted by Gasteiger charge is -2.15. The monoisotopic (exact) mass is 208 g/mol. The molecule has 1 N–H and O–H groups in total. The van der Waals surface area contributed by atoms with Gasteiger partial charge in [-0.05, 0) is 12.0 Å². The van der Waals surface area contributed by atoms with Crippen molar-refractivity contribution >= 4 is 5.97 Å². The van der Waals surface area contributed by atoms with Crippen LogP contribution in [0.2, 0.25) is 0 Å². The second-order valence-corrected chi connectivity index (χ2v) is 3.81. The quantitative estimate of drug-likeness (QED) is 0.820. The maximum atomic E-state index is 11.1. The fourth-order valence-corrected chi connectivity index (χ4v) is 1.51. The van der Waals surface area contributed by atoms with Crippen molar-refractivity contribution in [3.05, 3.63) is 23.8 Å². The zero-order valence-corrected chi connectivity index (χ0v) is 9.27. The predicted molar refractivity (Wildman–Crippen MR) is 56.6 cm³/mol. The summed E-state index contributed by atoms with van der Waals surface area (Å²) < 4.78 is 0. The SMILES string of the molecule is CCc1nccc(C(C(=O)O)C(C)C)n1. The van der Waals surface area contributed by atoms with E-state index < -0.39 is 11.9 Å². The largest absolute Gasteiger partial charge is 0.481 e. The van der Waals surface area contributed by atoms with Gasteiger partial charge < -0.3 is 5.11 Å². The van der Waals surface area contributed by atoms with E-state index in [2.05, 4.69) is 9.97 Å². The number of aryl methyl sites for hydroxylation is 1. The topological polar surface area (TPSA) is 63.1 Å². The van der Waals surface area contributed by atoms with Gasteiger partial charge in [0.1, 0.15) is 11.7 Å². The molecule has 0 amide bonds. The molecule has 0 aliphatic heterocycles. The van der Waals surface area contributed by atoms with E-state index in [4.69, 9.17) is 5.11 Å². The number of aliphatic carboxylic acids is 1. The molecule has 1 unspecified atom stereocenters. The van der Waals surface area contributed by atoms with Gasteiger partial charge in [0.25, 0.3) is 0 Å². The third-order valence-electron chi connectivity index (χ3n) is 2.29. The molecule has 15 heavy (non-hydrogen) atoms. The first kappa shape index (κ1) is 11.6. The van der Waals surface area contributed by atoms with Gasteiger partial charge in [-0.2, -0.15) is 0 Å². The molecule has 1 heterocycles. The highest BCUT2D eigenvalue weighted by Gasteiger charge is 2.25. The van der Waals surface area contributed by atoms with Crippen LogP contribution in [0.25, 0.3) is 0 Å². The molecule has 0 aliphatic rings. The van der Waals surface area contributed by atoms with Gasteiger partial charge in [0.2, 0.25) is 0 Å². The Morgan fingerprint density at radius 1 is 1.53 bits per heavy atom. The zero-order chi connectivity index (χ0) is 11.4. The van der Waals surface area contributed by atoms with Gasteiger partial charge in [-0.3, -0.25) is 4.79 Å². The Morgan fingerprint density at radius 2 is 2.20 bits per heavy atom. The zero-order valence-electron chi connectivity index (χ0n) is 9.27. The molecule has 4 nitrogen and oxygen atoms in total. The maximum absolute atomic E-state index is 11.1. The molecule has 0 saturated heterocycles. The van der Waals surface area contributed by atoms with Crippen LogP contribution in [0, 0.1) is 5.92 Å². The molecule has 82 valence electrons. The number of rotatable bonds is 4. The summed E-state index contributed by atoms with van der Waals surface area (Å²) in [6.07, 6.45) is 2.35. The Kier molecular flexibility index (Phi) is 3.77. The van der Waals surface area contributed by atoms with E-state index >= 15 is 0 Å². The second-order valence-electron chi connectivity index (χ2n) is 3.81. The smallest absolute Gasteiger partial charge is 0.312 e. The minimum atomic E-state index is -0.828. The minimum absolute atomic E-state index is 0.0297. The van der Waals surface area contributed by atoms with Crippen molar-refractivity contribution in [2.45, 2.75) is 33.1 Å². The molecule has 0 fully saturated rings. The Bertz CT molecular complexity index is 350. The predicted octanol–water partition coefficient (Wildman–Crippen LogP) is 1.86. The average molecular weight is 208 g/mol. The van der Waals surface area contributed by atoms with Crippen molar-refractivity contribution in [3.63, 3.8) is 0 Å². The maximum Gasteiger partial charge on any atom is 0.312 e. The lowest BCUT2D eigenvalue weighted by molar-refractivity contribution is -0.140. The van der Waals surface area contributed by atoms with Crippen LogP contribution < -0.4 is 0 Å². The van der Waals surface area contributed by atoms with Gasteiger partial charge in [0, 0.05) is 12.6 Å². The van der Waals surface area contributed by atoms with Crippen molar-refractivity contribution in [2.24, 2.45) is 5.92 Å². The van der Waals surface area contributed by atoms with Crippen molar-refractivity contribution < 1.29 is 9.90 Å². The van der Waals surface area contributed by atoms with Gasteiger partial charge in [-0.1, -0.05) is 20.8 Å². The van der Waals surface area contributed by atoms with E-state index in [-0.39, 0.29) is 5.92 Å². The molecule has 0 aromatic carbocycles. The molecule has 0 saturated carbocycles. The number of hydrogen-bond donors (Lipinski definition) is 1. The van der Waals surface area contributed by atoms with Crippen molar-refractivity contribution in [2.75, 3.05) is 0 Å². The number of nitrogens with zero attached hydrogens (tertiary/aromatic N) is 2. The van der Waals surface area contributed by atoms with Crippen molar-refractivity contribution in [1.29, 1.82) is 0 Å². The van der Waals surface area contributed by atoms with Gasteiger partial charge >= 0.3 is 5.97 Å². The van der Waals surface area contributed by atoms with Crippen LogP contribution in [0.1, 0.15) is 38.2 Å². The van der Waals surface area contributed by atoms with E-state index in [0.717, 1.165) is 6.42 Å². The van der Waals surface area contributed by atoms with Crippen LogP contribution in [0.4, 0.5) is 0 Å². The number of hydrogen-bond acceptors (Lipinski definition) is 3. The van der Waals surface area contributed by atoms with Gasteiger partial charge in [0.15, 0.2) is 0 Å². The van der Waals surface area contributed by atoms with Crippen molar-refractivity contribution in [1.82, 2.24) is 9.97 Å². The molecular formula is C11H16N2O2. The molecule has 4 heteroatoms. The standard InChI is InChI=1S/C11H16N2O2/c1-4-9-12-6-5-8(13-9)10(7(2)3)11(14)15/h5-7,10H,4H2,1-3H3,(H,14,15). The molecule has 0 bridgehead atoms. The summed E-state index contributed by atoms with van der Waals surface area (Å²) in [7, 11) is 0. The lowest BCUT2D eigenvalue weighted by Crippen LogP contribution is -2.19. The highest BCUT2D eigenvalue weighted by Crippen LogP contribution is 2.22. The van der Waals surface area contributed by atoms with E-state index in [1.54, 1.807) is 12.3 Å². The number of carbonyl (C=O) groups is 1. The third-order valence-corrected chi connectivity index (χ3v) is 2.29. The normalized spacial score (nSPS) is 12.8. The number of carboxylic acid groups (broad SMARTS) is 1. The third kappa shape index (κ3) is 2.75. The van der Waals surface area contributed by atoms with Crippen molar-refractivity contribution in [3.8, 4) is 0 Å². The number of aromatic nitrogens is 2. The Balaban J connectivity index is 3.05. The molecular weight excluding hydrogens is 192 g/mol. The first-order valence-electron chi connectivity index (χ1n) is 5.10. The summed E-state index contributed by atoms with van der Waals surface area (Å²) in [5.41, 5.74) is 0.601. The van der Waals surface area contributed by atoms with Crippen LogP contribution in [-0.2, 0) is 11.2 Å². The first-order valence-corrected chi connectivity index (χ1v) is 5.10. The molecule has 1 atom stereocenters. The van der Waals surface area contributed by atoms with E-state index in [1.807, 2.05) is 20.8 Å². The number of carboxylic acids is 1. The molecule has 0 spiro atoms. The van der Waals surface area contributed by atoms with Crippen LogP contribution in [0.15, 0.2) is 12.3 Å². The van der Waals surface area contributed by atoms with Gasteiger partial charge in [-0.15, -0.1) is 0 Å². The Hall–Kier alpha value is -1.45. The minimum Gasteiger partial charge on any atom is -0.481 e. The summed E-state index contributed by atoms with van der Waals surface area (Å²) >= 11 is 0. The fourth-order valence-electron chi connectivity index (χ4n) is 1.51. The van der Waals surface area contributed by atoms with E-state index in [0.29, 0.717) is 11.5 Å². The molecule has 1 rings (SSSR count). The first-order chi connectivity index (χ1) is 7.06. The highest BCUT2D eigenvalue weighted by atomic mass is 16.4. The summed E-state index contributed by atoms with van der Waals surface area (Å²) in [6.45, 7) is 5.71. The Labute approximate surface area is 89.4 Å². The molecule has 1 aromatic heterocycles. The molecule has 1 aromatic rings. The lowest BCUT2D eigenvalue weighted by atomic mass is 9.92. The van der Waals surface area contributed by atoms with E-state index in [1.165, 1.54) is 0 Å². The summed E-state index contributed by atoms with van der Waals surface area (Å²) in [5.74, 6) is -0.648. The second kappa shape index (κ2) is 4.87. The summed E-state index contributed by atoms with van der Waals surface area (Å²) in [6, 6.07) is 1.68. The Morgan fingerprint density at radius 3 is 2.67 bits per heavy atom. The van der Waals surface area contributed by atoms with E-state index in [9.17, 15) is 4.79 Å². The van der Waals surface area contributed by atoms with Gasteiger partial charge in [0.05, 0.1) is 5.69 Å². The summed E-state index contributed by atoms with van der Waals surface area (Å²) in [5, 5.41) is 9.10. The summed E-state index contributed by atoms with van der Waals surface area (Å²) in [4.78, 5) is 19.4. The van der Waals surface area contributed by atoms with Crippen LogP contribution in [0.5, 0.6) is 0 Å². The molecule has 0 radical (unpaired) electrons. The average Bonchev–Trinajstić information content (AvgIpc) is 2.17. The fraction of sp³-hybridized carbons (Fsp3) is 0.545. The van der Waals surface area contributed by atoms with Crippen LogP contribution in [0.3, 0.4) is 0 Å². The highest BCUT2D eigenvalue weighted by molar-refractivity contribution is 5.75. The van der Waals surface area contributed by atoms with Gasteiger partial charge in [-0.25, -0.2) is 9.97 Å².